The van der Waals surface area contributed by atoms with E-state index in [1.54, 1.807) is 0 Å². The summed E-state index contributed by atoms with van der Waals surface area (Å²) in [5.41, 5.74) is 2.70. The van der Waals surface area contributed by atoms with E-state index in [9.17, 15) is 0 Å². The minimum Gasteiger partial charge on any atom is -0.356 e. The van der Waals surface area contributed by atoms with Gasteiger partial charge in [0.1, 0.15) is 0 Å². The number of rotatable bonds is 5. The normalized spacial score (nSPS) is 16.2. The van der Waals surface area contributed by atoms with Gasteiger partial charge in [-0.3, -0.25) is 4.99 Å². The molecule has 2 rings (SSSR count). The van der Waals surface area contributed by atoms with Crippen LogP contribution in [0.2, 0.25) is 0 Å². The second-order valence-corrected chi connectivity index (χ2v) is 5.59. The Morgan fingerprint density at radius 3 is 2.70 bits per heavy atom. The third-order valence-electron chi connectivity index (χ3n) is 3.67. The molecule has 1 aromatic rings. The zero-order valence-corrected chi connectivity index (χ0v) is 15.0. The summed E-state index contributed by atoms with van der Waals surface area (Å²) in [5, 5.41) is 6.80. The van der Waals surface area contributed by atoms with Gasteiger partial charge >= 0.3 is 0 Å². The van der Waals surface area contributed by atoms with Crippen molar-refractivity contribution in [3.8, 4) is 0 Å². The summed E-state index contributed by atoms with van der Waals surface area (Å²) >= 11 is 0. The van der Waals surface area contributed by atoms with E-state index in [0.717, 1.165) is 25.0 Å². The van der Waals surface area contributed by atoms with Gasteiger partial charge in [-0.05, 0) is 37.2 Å². The Labute approximate surface area is 139 Å². The molecule has 2 N–H and O–H groups in total. The zero-order valence-electron chi connectivity index (χ0n) is 12.6. The number of hydrogen-bond donors (Lipinski definition) is 2. The van der Waals surface area contributed by atoms with Crippen LogP contribution in [-0.2, 0) is 0 Å². The van der Waals surface area contributed by atoms with Crippen molar-refractivity contribution in [2.45, 2.75) is 32.6 Å². The summed E-state index contributed by atoms with van der Waals surface area (Å²) in [4.78, 5) is 4.27. The highest BCUT2D eigenvalue weighted by atomic mass is 127. The number of nitrogens with zero attached hydrogens (tertiary/aromatic N) is 1. The number of aryl methyl sites for hydroxylation is 1. The molecule has 1 aromatic carbocycles. The van der Waals surface area contributed by atoms with Crippen LogP contribution in [0.1, 0.15) is 36.8 Å². The maximum absolute atomic E-state index is 4.27. The highest BCUT2D eigenvalue weighted by Gasteiger charge is 2.21. The van der Waals surface area contributed by atoms with Crippen LogP contribution in [0, 0.1) is 12.8 Å². The molecule has 20 heavy (non-hydrogen) atoms. The van der Waals surface area contributed by atoms with Gasteiger partial charge in [-0.25, -0.2) is 0 Å². The second-order valence-electron chi connectivity index (χ2n) is 5.59. The fourth-order valence-electron chi connectivity index (χ4n) is 2.13. The Kier molecular flexibility index (Phi) is 7.34. The quantitative estimate of drug-likeness (QED) is 0.462. The summed E-state index contributed by atoms with van der Waals surface area (Å²) in [7, 11) is 1.83. The van der Waals surface area contributed by atoms with E-state index in [-0.39, 0.29) is 24.0 Å². The predicted molar refractivity (Wildman–Crippen MR) is 97.1 cm³/mol. The van der Waals surface area contributed by atoms with Gasteiger partial charge in [0.2, 0.25) is 0 Å². The molecule has 0 bridgehead atoms. The van der Waals surface area contributed by atoms with Crippen LogP contribution >= 0.6 is 24.0 Å². The van der Waals surface area contributed by atoms with Crippen molar-refractivity contribution in [2.75, 3.05) is 20.1 Å². The molecule has 1 atom stereocenters. The van der Waals surface area contributed by atoms with Crippen LogP contribution < -0.4 is 10.6 Å². The van der Waals surface area contributed by atoms with Crippen molar-refractivity contribution in [3.05, 3.63) is 35.4 Å². The lowest BCUT2D eigenvalue weighted by Crippen LogP contribution is -2.39. The zero-order chi connectivity index (χ0) is 13.7. The van der Waals surface area contributed by atoms with Gasteiger partial charge in [0, 0.05) is 20.1 Å². The molecule has 0 radical (unpaired) electrons. The fraction of sp³-hybridized carbons (Fsp3) is 0.562. The first kappa shape index (κ1) is 17.3. The third-order valence-corrected chi connectivity index (χ3v) is 3.67. The van der Waals surface area contributed by atoms with E-state index < -0.39 is 0 Å². The van der Waals surface area contributed by atoms with Gasteiger partial charge < -0.3 is 10.6 Å². The average Bonchev–Trinajstić information content (AvgIpc) is 3.22. The SMILES string of the molecule is CN=C(NCC1CC1)NCC(C)c1cccc(C)c1.I. The Hall–Kier alpha value is -0.780. The van der Waals surface area contributed by atoms with Gasteiger partial charge in [0.25, 0.3) is 0 Å². The summed E-state index contributed by atoms with van der Waals surface area (Å²) < 4.78 is 0. The standard InChI is InChI=1S/C16H25N3.HI/c1-12-5-4-6-15(9-12)13(2)10-18-16(17-3)19-11-14-7-8-14;/h4-6,9,13-14H,7-8,10-11H2,1-3H3,(H2,17,18,19);1H. The number of benzene rings is 1. The molecule has 4 heteroatoms. The topological polar surface area (TPSA) is 36.4 Å². The lowest BCUT2D eigenvalue weighted by Gasteiger charge is -2.16. The highest BCUT2D eigenvalue weighted by molar-refractivity contribution is 14.0. The molecular weight excluding hydrogens is 361 g/mol. The van der Waals surface area contributed by atoms with Crippen LogP contribution in [0.3, 0.4) is 0 Å². The molecule has 0 heterocycles. The van der Waals surface area contributed by atoms with Crippen LogP contribution in [-0.4, -0.2) is 26.1 Å². The minimum atomic E-state index is 0. The van der Waals surface area contributed by atoms with Gasteiger partial charge in [0.05, 0.1) is 0 Å². The molecule has 0 spiro atoms. The van der Waals surface area contributed by atoms with Crippen LogP contribution in [0.25, 0.3) is 0 Å². The Bertz CT molecular complexity index is 441. The van der Waals surface area contributed by atoms with Gasteiger partial charge in [-0.15, -0.1) is 24.0 Å². The van der Waals surface area contributed by atoms with E-state index in [4.69, 9.17) is 0 Å². The Morgan fingerprint density at radius 1 is 1.35 bits per heavy atom. The number of nitrogens with one attached hydrogen (secondary N) is 2. The van der Waals surface area contributed by atoms with Crippen molar-refractivity contribution in [1.82, 2.24) is 10.6 Å². The molecule has 0 aliphatic heterocycles. The number of guanidine groups is 1. The second kappa shape index (κ2) is 8.49. The first-order valence-electron chi connectivity index (χ1n) is 7.20. The Morgan fingerprint density at radius 2 is 2.10 bits per heavy atom. The van der Waals surface area contributed by atoms with Crippen LogP contribution in [0.15, 0.2) is 29.3 Å². The van der Waals surface area contributed by atoms with Crippen LogP contribution in [0.5, 0.6) is 0 Å². The summed E-state index contributed by atoms with van der Waals surface area (Å²) in [5.74, 6) is 2.28. The van der Waals surface area contributed by atoms with Gasteiger partial charge in [-0.1, -0.05) is 36.8 Å². The van der Waals surface area contributed by atoms with E-state index in [2.05, 4.69) is 53.7 Å². The molecule has 0 saturated heterocycles. The molecule has 1 aliphatic carbocycles. The van der Waals surface area contributed by atoms with Crippen molar-refractivity contribution < 1.29 is 0 Å². The molecule has 1 aliphatic rings. The largest absolute Gasteiger partial charge is 0.356 e. The number of hydrogen-bond acceptors (Lipinski definition) is 1. The molecule has 1 fully saturated rings. The maximum Gasteiger partial charge on any atom is 0.191 e. The van der Waals surface area contributed by atoms with E-state index >= 15 is 0 Å². The molecule has 0 aromatic heterocycles. The number of aliphatic imine (C=N–C) groups is 1. The lowest BCUT2D eigenvalue weighted by atomic mass is 9.99. The molecule has 112 valence electrons. The lowest BCUT2D eigenvalue weighted by molar-refractivity contribution is 0.685. The van der Waals surface area contributed by atoms with Crippen molar-refractivity contribution >= 4 is 29.9 Å². The van der Waals surface area contributed by atoms with Crippen molar-refractivity contribution in [3.63, 3.8) is 0 Å². The molecule has 1 saturated carbocycles. The van der Waals surface area contributed by atoms with E-state index in [1.165, 1.54) is 24.0 Å². The van der Waals surface area contributed by atoms with Crippen LogP contribution in [0.4, 0.5) is 0 Å². The highest BCUT2D eigenvalue weighted by Crippen LogP contribution is 2.27. The Balaban J connectivity index is 0.00000200. The summed E-state index contributed by atoms with van der Waals surface area (Å²) in [6.45, 7) is 6.35. The van der Waals surface area contributed by atoms with Crippen molar-refractivity contribution in [1.29, 1.82) is 0 Å². The minimum absolute atomic E-state index is 0. The summed E-state index contributed by atoms with van der Waals surface area (Å²) in [6, 6.07) is 8.72. The average molecular weight is 387 g/mol. The van der Waals surface area contributed by atoms with E-state index in [0.29, 0.717) is 5.92 Å². The first-order chi connectivity index (χ1) is 9.19. The monoisotopic (exact) mass is 387 g/mol. The summed E-state index contributed by atoms with van der Waals surface area (Å²) in [6.07, 6.45) is 2.73. The van der Waals surface area contributed by atoms with Gasteiger partial charge in [-0.2, -0.15) is 0 Å². The van der Waals surface area contributed by atoms with Crippen molar-refractivity contribution in [2.24, 2.45) is 10.9 Å². The molecular formula is C16H26IN3. The maximum atomic E-state index is 4.27. The molecule has 0 amide bonds. The predicted octanol–water partition coefficient (Wildman–Crippen LogP) is 3.29. The first-order valence-corrected chi connectivity index (χ1v) is 7.20. The third kappa shape index (κ3) is 5.69. The molecule has 3 nitrogen and oxygen atoms in total. The number of halogens is 1. The fourth-order valence-corrected chi connectivity index (χ4v) is 2.13. The smallest absolute Gasteiger partial charge is 0.191 e. The van der Waals surface area contributed by atoms with E-state index in [1.807, 2.05) is 7.05 Å². The van der Waals surface area contributed by atoms with Gasteiger partial charge in [0.15, 0.2) is 5.96 Å². The molecule has 1 unspecified atom stereocenters.